The standard InChI is InChI=1S/C13H22N2O/c1-3-13(14)11-5-7-12(8-6-11)15(4-2)9-10-16/h5-8,13,16H,3-4,9-10,14H2,1-2H3/t13-/m1/s1. The molecule has 0 radical (unpaired) electrons. The molecule has 0 aliphatic rings. The predicted molar refractivity (Wildman–Crippen MR) is 68.6 cm³/mol. The molecule has 16 heavy (non-hydrogen) atoms. The van der Waals surface area contributed by atoms with E-state index in [1.165, 1.54) is 5.56 Å². The number of aliphatic hydroxyl groups is 1. The van der Waals surface area contributed by atoms with Crippen molar-refractivity contribution in [3.8, 4) is 0 Å². The van der Waals surface area contributed by atoms with E-state index in [1.807, 2.05) is 0 Å². The number of hydrogen-bond donors (Lipinski definition) is 2. The predicted octanol–water partition coefficient (Wildman–Crippen LogP) is 1.92. The van der Waals surface area contributed by atoms with Gasteiger partial charge < -0.3 is 15.7 Å². The van der Waals surface area contributed by atoms with Crippen LogP contribution in [0.15, 0.2) is 24.3 Å². The average Bonchev–Trinajstić information content (AvgIpc) is 2.35. The van der Waals surface area contributed by atoms with Crippen LogP contribution < -0.4 is 10.6 Å². The summed E-state index contributed by atoms with van der Waals surface area (Å²) in [4.78, 5) is 2.14. The highest BCUT2D eigenvalue weighted by Gasteiger charge is 2.06. The summed E-state index contributed by atoms with van der Waals surface area (Å²) in [6.45, 7) is 5.93. The molecule has 0 saturated heterocycles. The first kappa shape index (κ1) is 13.0. The monoisotopic (exact) mass is 222 g/mol. The molecule has 90 valence electrons. The van der Waals surface area contributed by atoms with Gasteiger partial charge in [0.25, 0.3) is 0 Å². The Hall–Kier alpha value is -1.06. The molecule has 0 fully saturated rings. The molecule has 0 unspecified atom stereocenters. The van der Waals surface area contributed by atoms with Gasteiger partial charge >= 0.3 is 0 Å². The minimum absolute atomic E-state index is 0.127. The molecule has 0 spiro atoms. The fourth-order valence-corrected chi connectivity index (χ4v) is 1.76. The Kier molecular flexibility index (Phi) is 5.29. The molecule has 0 saturated carbocycles. The number of nitrogens with two attached hydrogens (primary N) is 1. The number of benzene rings is 1. The number of likely N-dealkylation sites (N-methyl/N-ethyl adjacent to an activating group) is 1. The van der Waals surface area contributed by atoms with Crippen molar-refractivity contribution in [2.45, 2.75) is 26.3 Å². The molecule has 1 aromatic rings. The zero-order valence-electron chi connectivity index (χ0n) is 10.2. The number of nitrogens with zero attached hydrogens (tertiary/aromatic N) is 1. The van der Waals surface area contributed by atoms with Crippen LogP contribution in [-0.4, -0.2) is 24.8 Å². The molecule has 0 bridgehead atoms. The third-order valence-corrected chi connectivity index (χ3v) is 2.88. The van der Waals surface area contributed by atoms with E-state index in [4.69, 9.17) is 10.8 Å². The fraction of sp³-hybridized carbons (Fsp3) is 0.538. The summed E-state index contributed by atoms with van der Waals surface area (Å²) in [5, 5.41) is 8.95. The van der Waals surface area contributed by atoms with Gasteiger partial charge in [-0.05, 0) is 31.0 Å². The minimum atomic E-state index is 0.127. The van der Waals surface area contributed by atoms with Crippen molar-refractivity contribution in [2.24, 2.45) is 5.73 Å². The summed E-state index contributed by atoms with van der Waals surface area (Å²) in [6, 6.07) is 8.42. The maximum atomic E-state index is 8.95. The number of rotatable bonds is 6. The maximum Gasteiger partial charge on any atom is 0.0606 e. The molecular weight excluding hydrogens is 200 g/mol. The fourth-order valence-electron chi connectivity index (χ4n) is 1.76. The van der Waals surface area contributed by atoms with Gasteiger partial charge in [-0.25, -0.2) is 0 Å². The second-order valence-electron chi connectivity index (χ2n) is 3.91. The molecule has 3 heteroatoms. The first-order valence-corrected chi connectivity index (χ1v) is 5.94. The normalized spacial score (nSPS) is 12.5. The van der Waals surface area contributed by atoms with E-state index in [-0.39, 0.29) is 12.6 Å². The largest absolute Gasteiger partial charge is 0.395 e. The maximum absolute atomic E-state index is 8.95. The van der Waals surface area contributed by atoms with E-state index < -0.39 is 0 Å². The summed E-state index contributed by atoms with van der Waals surface area (Å²) in [6.07, 6.45) is 0.952. The quantitative estimate of drug-likeness (QED) is 0.773. The van der Waals surface area contributed by atoms with Crippen LogP contribution in [0.4, 0.5) is 5.69 Å². The topological polar surface area (TPSA) is 49.5 Å². The lowest BCUT2D eigenvalue weighted by Crippen LogP contribution is -2.26. The minimum Gasteiger partial charge on any atom is -0.395 e. The highest BCUT2D eigenvalue weighted by molar-refractivity contribution is 5.47. The SMILES string of the molecule is CC[C@@H](N)c1ccc(N(CC)CCO)cc1. The van der Waals surface area contributed by atoms with Gasteiger partial charge in [0.15, 0.2) is 0 Å². The van der Waals surface area contributed by atoms with Gasteiger partial charge in [0.05, 0.1) is 6.61 Å². The van der Waals surface area contributed by atoms with Crippen molar-refractivity contribution in [3.63, 3.8) is 0 Å². The summed E-state index contributed by atoms with van der Waals surface area (Å²) in [5.41, 5.74) is 8.27. The number of hydrogen-bond acceptors (Lipinski definition) is 3. The van der Waals surface area contributed by atoms with E-state index >= 15 is 0 Å². The lowest BCUT2D eigenvalue weighted by atomic mass is 10.1. The highest BCUT2D eigenvalue weighted by atomic mass is 16.3. The van der Waals surface area contributed by atoms with Gasteiger partial charge in [-0.1, -0.05) is 19.1 Å². The van der Waals surface area contributed by atoms with E-state index in [9.17, 15) is 0 Å². The lowest BCUT2D eigenvalue weighted by Gasteiger charge is -2.22. The van der Waals surface area contributed by atoms with E-state index in [2.05, 4.69) is 43.0 Å². The van der Waals surface area contributed by atoms with Crippen LogP contribution in [0, 0.1) is 0 Å². The smallest absolute Gasteiger partial charge is 0.0606 e. The average molecular weight is 222 g/mol. The second-order valence-corrected chi connectivity index (χ2v) is 3.91. The van der Waals surface area contributed by atoms with Crippen molar-refractivity contribution in [1.82, 2.24) is 0 Å². The van der Waals surface area contributed by atoms with Crippen LogP contribution in [0.2, 0.25) is 0 Å². The molecule has 0 aromatic heterocycles. The summed E-state index contributed by atoms with van der Waals surface area (Å²) < 4.78 is 0. The van der Waals surface area contributed by atoms with Crippen molar-refractivity contribution >= 4 is 5.69 Å². The van der Waals surface area contributed by atoms with E-state index in [0.29, 0.717) is 6.54 Å². The van der Waals surface area contributed by atoms with Crippen molar-refractivity contribution in [3.05, 3.63) is 29.8 Å². The first-order valence-electron chi connectivity index (χ1n) is 5.94. The Morgan fingerprint density at radius 3 is 2.31 bits per heavy atom. The van der Waals surface area contributed by atoms with Gasteiger partial charge in [0.2, 0.25) is 0 Å². The van der Waals surface area contributed by atoms with Crippen molar-refractivity contribution in [1.29, 1.82) is 0 Å². The van der Waals surface area contributed by atoms with Crippen molar-refractivity contribution < 1.29 is 5.11 Å². The molecule has 1 atom stereocenters. The first-order chi connectivity index (χ1) is 7.72. The van der Waals surface area contributed by atoms with Crippen LogP contribution in [0.25, 0.3) is 0 Å². The Bertz CT molecular complexity index is 297. The van der Waals surface area contributed by atoms with E-state index in [1.54, 1.807) is 0 Å². The lowest BCUT2D eigenvalue weighted by molar-refractivity contribution is 0.302. The summed E-state index contributed by atoms with van der Waals surface area (Å²) >= 11 is 0. The molecule has 1 aromatic carbocycles. The van der Waals surface area contributed by atoms with Crippen LogP contribution in [-0.2, 0) is 0 Å². The molecule has 0 aliphatic heterocycles. The Labute approximate surface area is 97.9 Å². The van der Waals surface area contributed by atoms with Gasteiger partial charge in [-0.15, -0.1) is 0 Å². The van der Waals surface area contributed by atoms with Gasteiger partial charge in [0.1, 0.15) is 0 Å². The van der Waals surface area contributed by atoms with Crippen molar-refractivity contribution in [2.75, 3.05) is 24.6 Å². The van der Waals surface area contributed by atoms with Gasteiger partial charge in [-0.2, -0.15) is 0 Å². The third-order valence-electron chi connectivity index (χ3n) is 2.88. The molecular formula is C13H22N2O. The van der Waals surface area contributed by atoms with E-state index in [0.717, 1.165) is 18.7 Å². The molecule has 0 aliphatic carbocycles. The van der Waals surface area contributed by atoms with Crippen LogP contribution in [0.3, 0.4) is 0 Å². The van der Waals surface area contributed by atoms with Crippen LogP contribution >= 0.6 is 0 Å². The molecule has 0 heterocycles. The number of aliphatic hydroxyl groups excluding tert-OH is 1. The molecule has 3 nitrogen and oxygen atoms in total. The summed E-state index contributed by atoms with van der Waals surface area (Å²) in [5.74, 6) is 0. The van der Waals surface area contributed by atoms with Crippen LogP contribution in [0.5, 0.6) is 0 Å². The Morgan fingerprint density at radius 2 is 1.88 bits per heavy atom. The molecule has 3 N–H and O–H groups in total. The molecule has 0 amide bonds. The van der Waals surface area contributed by atoms with Gasteiger partial charge in [0, 0.05) is 24.8 Å². The zero-order valence-corrected chi connectivity index (χ0v) is 10.2. The summed E-state index contributed by atoms with van der Waals surface area (Å²) in [7, 11) is 0. The Morgan fingerprint density at radius 1 is 1.25 bits per heavy atom. The van der Waals surface area contributed by atoms with Gasteiger partial charge in [-0.3, -0.25) is 0 Å². The van der Waals surface area contributed by atoms with Crippen LogP contribution in [0.1, 0.15) is 31.9 Å². The highest BCUT2D eigenvalue weighted by Crippen LogP contribution is 2.19. The Balaban J connectivity index is 2.76. The second kappa shape index (κ2) is 6.51. The zero-order chi connectivity index (χ0) is 12.0. The number of anilines is 1. The third kappa shape index (κ3) is 3.22. The molecule has 1 rings (SSSR count).